The highest BCUT2D eigenvalue weighted by Crippen LogP contribution is 2.25. The zero-order valence-corrected chi connectivity index (χ0v) is 14.3. The molecule has 0 saturated heterocycles. The number of nitrogens with one attached hydrogen (secondary N) is 2. The van der Waals surface area contributed by atoms with E-state index in [9.17, 15) is 9.18 Å². The van der Waals surface area contributed by atoms with Crippen molar-refractivity contribution in [3.05, 3.63) is 54.0 Å². The molecule has 5 heteroatoms. The van der Waals surface area contributed by atoms with Crippen molar-refractivity contribution in [2.75, 3.05) is 17.2 Å². The molecule has 1 fully saturated rings. The van der Waals surface area contributed by atoms with E-state index in [4.69, 9.17) is 0 Å². The predicted molar refractivity (Wildman–Crippen MR) is 98.0 cm³/mol. The molecule has 0 unspecified atom stereocenters. The lowest BCUT2D eigenvalue weighted by Gasteiger charge is -2.20. The predicted octanol–water partition coefficient (Wildman–Crippen LogP) is 4.39. The first kappa shape index (κ1) is 17.4. The van der Waals surface area contributed by atoms with E-state index >= 15 is 0 Å². The highest BCUT2D eigenvalue weighted by Gasteiger charge is 2.20. The third kappa shape index (κ3) is 5.28. The molecule has 1 aliphatic carbocycles. The minimum absolute atomic E-state index is 0.110. The van der Waals surface area contributed by atoms with Crippen molar-refractivity contribution in [3.8, 4) is 0 Å². The van der Waals surface area contributed by atoms with Crippen LogP contribution in [-0.4, -0.2) is 17.4 Å². The van der Waals surface area contributed by atoms with Crippen molar-refractivity contribution in [2.24, 2.45) is 5.92 Å². The van der Waals surface area contributed by atoms with Gasteiger partial charge in [-0.25, -0.2) is 9.37 Å². The second-order valence-corrected chi connectivity index (χ2v) is 6.56. The Morgan fingerprint density at radius 1 is 1.08 bits per heavy atom. The largest absolute Gasteiger partial charge is 0.370 e. The highest BCUT2D eigenvalue weighted by molar-refractivity contribution is 5.92. The maximum Gasteiger partial charge on any atom is 0.227 e. The van der Waals surface area contributed by atoms with Gasteiger partial charge in [0.05, 0.1) is 11.9 Å². The summed E-state index contributed by atoms with van der Waals surface area (Å²) in [5.74, 6) is 0.794. The number of benzene rings is 1. The van der Waals surface area contributed by atoms with E-state index < -0.39 is 0 Å². The molecule has 1 aromatic carbocycles. The zero-order valence-electron chi connectivity index (χ0n) is 14.3. The van der Waals surface area contributed by atoms with E-state index in [1.54, 1.807) is 18.3 Å². The van der Waals surface area contributed by atoms with Crippen molar-refractivity contribution in [1.82, 2.24) is 4.98 Å². The van der Waals surface area contributed by atoms with Crippen LogP contribution in [0, 0.1) is 11.7 Å². The number of aromatic nitrogens is 1. The van der Waals surface area contributed by atoms with Crippen molar-refractivity contribution < 1.29 is 9.18 Å². The summed E-state index contributed by atoms with van der Waals surface area (Å²) in [6.07, 6.45) is 7.98. The molecule has 2 N–H and O–H groups in total. The molecular formula is C20H24FN3O. The first-order valence-corrected chi connectivity index (χ1v) is 8.96. The lowest BCUT2D eigenvalue weighted by Crippen LogP contribution is -2.24. The molecule has 0 bridgehead atoms. The van der Waals surface area contributed by atoms with Crippen LogP contribution in [0.5, 0.6) is 0 Å². The Kier molecular flexibility index (Phi) is 5.99. The van der Waals surface area contributed by atoms with Gasteiger partial charge in [-0.2, -0.15) is 0 Å². The minimum atomic E-state index is -0.218. The Morgan fingerprint density at radius 3 is 2.52 bits per heavy atom. The fourth-order valence-corrected chi connectivity index (χ4v) is 3.17. The summed E-state index contributed by atoms with van der Waals surface area (Å²) < 4.78 is 12.9. The summed E-state index contributed by atoms with van der Waals surface area (Å²) in [6, 6.07) is 10.2. The quantitative estimate of drug-likeness (QED) is 0.819. The Morgan fingerprint density at radius 2 is 1.84 bits per heavy atom. The molecule has 1 heterocycles. The highest BCUT2D eigenvalue weighted by atomic mass is 19.1. The number of pyridine rings is 1. The molecule has 132 valence electrons. The van der Waals surface area contributed by atoms with Gasteiger partial charge in [-0.1, -0.05) is 31.4 Å². The fourth-order valence-electron chi connectivity index (χ4n) is 3.17. The Hall–Kier alpha value is -2.43. The van der Waals surface area contributed by atoms with Gasteiger partial charge in [-0.05, 0) is 49.1 Å². The summed E-state index contributed by atoms with van der Waals surface area (Å²) in [4.78, 5) is 16.6. The summed E-state index contributed by atoms with van der Waals surface area (Å²) >= 11 is 0. The van der Waals surface area contributed by atoms with Gasteiger partial charge in [-0.3, -0.25) is 4.79 Å². The van der Waals surface area contributed by atoms with Crippen molar-refractivity contribution in [1.29, 1.82) is 0 Å². The smallest absolute Gasteiger partial charge is 0.227 e. The molecule has 0 aliphatic heterocycles. The Balaban J connectivity index is 1.45. The van der Waals surface area contributed by atoms with Crippen LogP contribution < -0.4 is 10.6 Å². The van der Waals surface area contributed by atoms with Gasteiger partial charge in [0.25, 0.3) is 0 Å². The van der Waals surface area contributed by atoms with Crippen molar-refractivity contribution in [3.63, 3.8) is 0 Å². The monoisotopic (exact) mass is 341 g/mol. The van der Waals surface area contributed by atoms with Crippen LogP contribution in [0.25, 0.3) is 0 Å². The number of hydrogen-bond donors (Lipinski definition) is 2. The van der Waals surface area contributed by atoms with E-state index in [0.29, 0.717) is 6.54 Å². The molecule has 0 radical (unpaired) electrons. The fraction of sp³-hybridized carbons (Fsp3) is 0.400. The van der Waals surface area contributed by atoms with Gasteiger partial charge < -0.3 is 10.6 Å². The first-order chi connectivity index (χ1) is 12.2. The van der Waals surface area contributed by atoms with Crippen molar-refractivity contribution in [2.45, 2.75) is 38.5 Å². The van der Waals surface area contributed by atoms with E-state index in [-0.39, 0.29) is 17.6 Å². The van der Waals surface area contributed by atoms with Crippen LogP contribution >= 0.6 is 0 Å². The molecule has 0 spiro atoms. The van der Waals surface area contributed by atoms with Gasteiger partial charge in [-0.15, -0.1) is 0 Å². The number of hydrogen-bond acceptors (Lipinski definition) is 3. The van der Waals surface area contributed by atoms with Crippen LogP contribution in [-0.2, 0) is 11.2 Å². The first-order valence-electron chi connectivity index (χ1n) is 8.96. The summed E-state index contributed by atoms with van der Waals surface area (Å²) in [7, 11) is 0. The van der Waals surface area contributed by atoms with E-state index in [2.05, 4.69) is 15.6 Å². The molecule has 0 atom stereocenters. The molecule has 3 rings (SSSR count). The standard InChI is InChI=1S/C20H24FN3O/c21-17-8-6-15(7-9-17)12-13-22-19-11-10-18(14-23-19)24-20(25)16-4-2-1-3-5-16/h6-11,14,16H,1-5,12-13H2,(H,22,23)(H,24,25). The molecule has 1 aromatic heterocycles. The maximum atomic E-state index is 12.9. The molecule has 1 saturated carbocycles. The summed E-state index contributed by atoms with van der Waals surface area (Å²) in [5.41, 5.74) is 1.81. The van der Waals surface area contributed by atoms with Crippen molar-refractivity contribution >= 4 is 17.4 Å². The van der Waals surface area contributed by atoms with Crippen LogP contribution in [0.3, 0.4) is 0 Å². The van der Waals surface area contributed by atoms with E-state index in [1.165, 1.54) is 18.6 Å². The van der Waals surface area contributed by atoms with Gasteiger partial charge in [0.15, 0.2) is 0 Å². The van der Waals surface area contributed by atoms with E-state index in [1.807, 2.05) is 12.1 Å². The number of carbonyl (C=O) groups is 1. The lowest BCUT2D eigenvalue weighted by molar-refractivity contribution is -0.120. The minimum Gasteiger partial charge on any atom is -0.370 e. The average molecular weight is 341 g/mol. The molecule has 1 aliphatic rings. The molecule has 1 amide bonds. The maximum absolute atomic E-state index is 12.9. The SMILES string of the molecule is O=C(Nc1ccc(NCCc2ccc(F)cc2)nc1)C1CCCCC1. The lowest BCUT2D eigenvalue weighted by atomic mass is 9.88. The second-order valence-electron chi connectivity index (χ2n) is 6.56. The molecule has 2 aromatic rings. The normalized spacial score (nSPS) is 14.9. The number of rotatable bonds is 6. The van der Waals surface area contributed by atoms with Gasteiger partial charge in [0, 0.05) is 12.5 Å². The van der Waals surface area contributed by atoms with Gasteiger partial charge in [0.1, 0.15) is 11.6 Å². The molecule has 4 nitrogen and oxygen atoms in total. The Labute approximate surface area is 147 Å². The van der Waals surface area contributed by atoms with Gasteiger partial charge in [0.2, 0.25) is 5.91 Å². The topological polar surface area (TPSA) is 54.0 Å². The van der Waals surface area contributed by atoms with Gasteiger partial charge >= 0.3 is 0 Å². The Bertz CT molecular complexity index is 679. The number of halogens is 1. The second kappa shape index (κ2) is 8.60. The average Bonchev–Trinajstić information content (AvgIpc) is 2.65. The zero-order chi connectivity index (χ0) is 17.5. The third-order valence-electron chi connectivity index (χ3n) is 4.64. The number of anilines is 2. The number of nitrogens with zero attached hydrogens (tertiary/aromatic N) is 1. The number of amides is 1. The third-order valence-corrected chi connectivity index (χ3v) is 4.64. The summed E-state index contributed by atoms with van der Waals surface area (Å²) in [5, 5.41) is 6.20. The molecule has 25 heavy (non-hydrogen) atoms. The van der Waals surface area contributed by atoms with Crippen LogP contribution in [0.15, 0.2) is 42.6 Å². The van der Waals surface area contributed by atoms with Crippen LogP contribution in [0.1, 0.15) is 37.7 Å². The molecular weight excluding hydrogens is 317 g/mol. The van der Waals surface area contributed by atoms with Crippen LogP contribution in [0.4, 0.5) is 15.9 Å². The van der Waals surface area contributed by atoms with E-state index in [0.717, 1.165) is 49.2 Å². The van der Waals surface area contributed by atoms with Crippen LogP contribution in [0.2, 0.25) is 0 Å². The summed E-state index contributed by atoms with van der Waals surface area (Å²) in [6.45, 7) is 0.715. The number of carbonyl (C=O) groups excluding carboxylic acids is 1.